The van der Waals surface area contributed by atoms with Crippen LogP contribution in [0.25, 0.3) is 0 Å². The Morgan fingerprint density at radius 1 is 0.824 bits per heavy atom. The lowest BCUT2D eigenvalue weighted by atomic mass is 10.1. The van der Waals surface area contributed by atoms with Crippen molar-refractivity contribution in [1.29, 1.82) is 0 Å². The summed E-state index contributed by atoms with van der Waals surface area (Å²) in [6.45, 7) is 4.93. The number of benzene rings is 3. The molecule has 1 aliphatic heterocycles. The first-order chi connectivity index (χ1) is 16.4. The SMILES string of the molecule is Cc1ccccc1CC(=O)N1CCN(c2ccc(NC(=O)Nc3c(Cl)cccc3Cl)cc2)CC1. The first kappa shape index (κ1) is 23.9. The van der Waals surface area contributed by atoms with Gasteiger partial charge in [-0.1, -0.05) is 53.5 Å². The van der Waals surface area contributed by atoms with E-state index in [1.165, 1.54) is 0 Å². The third-order valence-electron chi connectivity index (χ3n) is 5.93. The van der Waals surface area contributed by atoms with Crippen molar-refractivity contribution < 1.29 is 9.59 Å². The van der Waals surface area contributed by atoms with Crippen LogP contribution in [0, 0.1) is 6.92 Å². The average Bonchev–Trinajstić information content (AvgIpc) is 2.83. The highest BCUT2D eigenvalue weighted by atomic mass is 35.5. The molecule has 0 aromatic heterocycles. The van der Waals surface area contributed by atoms with Gasteiger partial charge in [-0.05, 0) is 54.4 Å². The smallest absolute Gasteiger partial charge is 0.323 e. The molecule has 0 radical (unpaired) electrons. The van der Waals surface area contributed by atoms with Crippen molar-refractivity contribution in [2.24, 2.45) is 0 Å². The zero-order valence-electron chi connectivity index (χ0n) is 18.9. The van der Waals surface area contributed by atoms with Crippen molar-refractivity contribution >= 4 is 52.2 Å². The Bertz CT molecular complexity index is 1160. The van der Waals surface area contributed by atoms with Gasteiger partial charge in [0.2, 0.25) is 5.91 Å². The maximum absolute atomic E-state index is 12.7. The summed E-state index contributed by atoms with van der Waals surface area (Å²) in [7, 11) is 0. The molecule has 6 nitrogen and oxygen atoms in total. The highest BCUT2D eigenvalue weighted by Crippen LogP contribution is 2.30. The third-order valence-corrected chi connectivity index (χ3v) is 6.56. The number of halogens is 2. The molecule has 1 fully saturated rings. The molecule has 3 aromatic rings. The number of nitrogens with one attached hydrogen (secondary N) is 2. The van der Waals surface area contributed by atoms with Gasteiger partial charge in [0.1, 0.15) is 0 Å². The van der Waals surface area contributed by atoms with E-state index in [9.17, 15) is 9.59 Å². The normalized spacial score (nSPS) is 13.5. The summed E-state index contributed by atoms with van der Waals surface area (Å²) >= 11 is 12.2. The monoisotopic (exact) mass is 496 g/mol. The summed E-state index contributed by atoms with van der Waals surface area (Å²) < 4.78 is 0. The summed E-state index contributed by atoms with van der Waals surface area (Å²) in [5, 5.41) is 6.21. The van der Waals surface area contributed by atoms with Gasteiger partial charge in [-0.3, -0.25) is 4.79 Å². The number of carbonyl (C=O) groups excluding carboxylic acids is 2. The molecule has 1 heterocycles. The van der Waals surface area contributed by atoms with Gasteiger partial charge >= 0.3 is 6.03 Å². The second-order valence-electron chi connectivity index (χ2n) is 8.19. The van der Waals surface area contributed by atoms with Gasteiger partial charge in [0, 0.05) is 37.6 Å². The molecule has 3 amide bonds. The zero-order chi connectivity index (χ0) is 24.1. The van der Waals surface area contributed by atoms with E-state index in [4.69, 9.17) is 23.2 Å². The van der Waals surface area contributed by atoms with Crippen LogP contribution in [-0.4, -0.2) is 43.0 Å². The summed E-state index contributed by atoms with van der Waals surface area (Å²) in [5.74, 6) is 0.165. The van der Waals surface area contributed by atoms with Crippen LogP contribution in [0.1, 0.15) is 11.1 Å². The minimum absolute atomic E-state index is 0.165. The van der Waals surface area contributed by atoms with Crippen LogP contribution in [0.4, 0.5) is 21.9 Å². The fourth-order valence-corrected chi connectivity index (χ4v) is 4.44. The van der Waals surface area contributed by atoms with Crippen LogP contribution in [-0.2, 0) is 11.2 Å². The Kier molecular flexibility index (Phi) is 7.60. The van der Waals surface area contributed by atoms with Crippen LogP contribution in [0.3, 0.4) is 0 Å². The fraction of sp³-hybridized carbons (Fsp3) is 0.231. The van der Waals surface area contributed by atoms with Crippen molar-refractivity contribution in [3.63, 3.8) is 0 Å². The molecule has 0 bridgehead atoms. The van der Waals surface area contributed by atoms with Gasteiger partial charge in [-0.15, -0.1) is 0 Å². The molecule has 176 valence electrons. The topological polar surface area (TPSA) is 64.7 Å². The Balaban J connectivity index is 1.29. The largest absolute Gasteiger partial charge is 0.368 e. The summed E-state index contributed by atoms with van der Waals surface area (Å²) in [5.41, 5.74) is 4.29. The number of hydrogen-bond acceptors (Lipinski definition) is 3. The Labute approximate surface area is 209 Å². The van der Waals surface area contributed by atoms with Crippen molar-refractivity contribution in [2.45, 2.75) is 13.3 Å². The Morgan fingerprint density at radius 3 is 2.12 bits per heavy atom. The predicted octanol–water partition coefficient (Wildman–Crippen LogP) is 5.84. The van der Waals surface area contributed by atoms with Crippen LogP contribution in [0.15, 0.2) is 66.7 Å². The lowest BCUT2D eigenvalue weighted by Gasteiger charge is -2.36. The lowest BCUT2D eigenvalue weighted by molar-refractivity contribution is -0.130. The molecule has 4 rings (SSSR count). The van der Waals surface area contributed by atoms with E-state index in [1.54, 1.807) is 18.2 Å². The molecule has 1 aliphatic rings. The van der Waals surface area contributed by atoms with Crippen LogP contribution in [0.2, 0.25) is 10.0 Å². The second kappa shape index (κ2) is 10.8. The molecule has 3 aromatic carbocycles. The number of rotatable bonds is 5. The maximum Gasteiger partial charge on any atom is 0.323 e. The summed E-state index contributed by atoms with van der Waals surface area (Å²) in [4.78, 5) is 29.2. The van der Waals surface area contributed by atoms with E-state index in [2.05, 4.69) is 15.5 Å². The molecule has 8 heteroatoms. The molecule has 0 unspecified atom stereocenters. The standard InChI is InChI=1S/C26H26Cl2N4O2/c1-18-5-2-3-6-19(18)17-24(33)32-15-13-31(14-16-32)21-11-9-20(10-12-21)29-26(34)30-25-22(27)7-4-8-23(25)28/h2-12H,13-17H2,1H3,(H2,29,30,34). The van der Waals surface area contributed by atoms with Crippen molar-refractivity contribution in [1.82, 2.24) is 4.90 Å². The minimum Gasteiger partial charge on any atom is -0.368 e. The van der Waals surface area contributed by atoms with E-state index < -0.39 is 6.03 Å². The van der Waals surface area contributed by atoms with E-state index in [0.29, 0.717) is 40.9 Å². The number of anilines is 3. The summed E-state index contributed by atoms with van der Waals surface area (Å²) in [6, 6.07) is 20.2. The van der Waals surface area contributed by atoms with Crippen molar-refractivity contribution in [3.05, 3.63) is 87.9 Å². The van der Waals surface area contributed by atoms with Gasteiger partial charge < -0.3 is 20.4 Å². The zero-order valence-corrected chi connectivity index (χ0v) is 20.4. The van der Waals surface area contributed by atoms with Crippen LogP contribution < -0.4 is 15.5 Å². The van der Waals surface area contributed by atoms with Crippen molar-refractivity contribution in [2.75, 3.05) is 41.7 Å². The fourth-order valence-electron chi connectivity index (χ4n) is 3.95. The number of nitrogens with zero attached hydrogens (tertiary/aromatic N) is 2. The first-order valence-corrected chi connectivity index (χ1v) is 11.9. The molecule has 0 atom stereocenters. The molecule has 0 spiro atoms. The predicted molar refractivity (Wildman–Crippen MR) is 139 cm³/mol. The molecule has 0 aliphatic carbocycles. The molecule has 1 saturated heterocycles. The van der Waals surface area contributed by atoms with Gasteiger partial charge in [-0.25, -0.2) is 4.79 Å². The number of amides is 3. The second-order valence-corrected chi connectivity index (χ2v) is 9.01. The van der Waals surface area contributed by atoms with E-state index in [0.717, 1.165) is 29.9 Å². The maximum atomic E-state index is 12.7. The Hall–Kier alpha value is -3.22. The number of piperazine rings is 1. The molecular formula is C26H26Cl2N4O2. The van der Waals surface area contributed by atoms with Gasteiger partial charge in [0.15, 0.2) is 0 Å². The van der Waals surface area contributed by atoms with Crippen LogP contribution >= 0.6 is 23.2 Å². The van der Waals surface area contributed by atoms with Crippen LogP contribution in [0.5, 0.6) is 0 Å². The van der Waals surface area contributed by atoms with Gasteiger partial charge in [-0.2, -0.15) is 0 Å². The van der Waals surface area contributed by atoms with E-state index >= 15 is 0 Å². The number of para-hydroxylation sites is 1. The molecule has 0 saturated carbocycles. The molecule has 34 heavy (non-hydrogen) atoms. The first-order valence-electron chi connectivity index (χ1n) is 11.1. The molecular weight excluding hydrogens is 471 g/mol. The highest BCUT2D eigenvalue weighted by Gasteiger charge is 2.22. The number of urea groups is 1. The van der Waals surface area contributed by atoms with Gasteiger partial charge in [0.25, 0.3) is 0 Å². The number of aryl methyl sites for hydroxylation is 1. The quantitative estimate of drug-likeness (QED) is 0.466. The number of hydrogen-bond donors (Lipinski definition) is 2. The lowest BCUT2D eigenvalue weighted by Crippen LogP contribution is -2.49. The average molecular weight is 497 g/mol. The summed E-state index contributed by atoms with van der Waals surface area (Å²) in [6.07, 6.45) is 0.439. The minimum atomic E-state index is -0.427. The Morgan fingerprint density at radius 2 is 1.47 bits per heavy atom. The van der Waals surface area contributed by atoms with Gasteiger partial charge in [0.05, 0.1) is 22.2 Å². The molecule has 2 N–H and O–H groups in total. The number of carbonyl (C=O) groups is 2. The van der Waals surface area contributed by atoms with E-state index in [1.807, 2.05) is 60.4 Å². The highest BCUT2D eigenvalue weighted by molar-refractivity contribution is 6.39. The van der Waals surface area contributed by atoms with E-state index in [-0.39, 0.29) is 5.91 Å². The third kappa shape index (κ3) is 5.82. The van der Waals surface area contributed by atoms with Crippen molar-refractivity contribution in [3.8, 4) is 0 Å².